The molecule has 118 valence electrons. The van der Waals surface area contributed by atoms with Crippen LogP contribution in [-0.4, -0.2) is 22.2 Å². The van der Waals surface area contributed by atoms with Crippen LogP contribution in [0.5, 0.6) is 0 Å². The molecule has 0 saturated heterocycles. The molecule has 0 bridgehead atoms. The number of aliphatic carboxylic acids is 2. The smallest absolute Gasteiger partial charge is 0.336 e. The molecule has 0 saturated carbocycles. The maximum Gasteiger partial charge on any atom is 0.336 e. The van der Waals surface area contributed by atoms with Crippen LogP contribution < -0.4 is 0 Å². The zero-order chi connectivity index (χ0) is 17.2. The summed E-state index contributed by atoms with van der Waals surface area (Å²) in [5, 5.41) is 17.1. The van der Waals surface area contributed by atoms with Gasteiger partial charge in [0.1, 0.15) is 0 Å². The molecule has 0 aromatic heterocycles. The van der Waals surface area contributed by atoms with Gasteiger partial charge in [0.05, 0.1) is 5.57 Å². The Balaban J connectivity index is 0.000000379. The Morgan fingerprint density at radius 2 is 1.30 bits per heavy atom. The van der Waals surface area contributed by atoms with Gasteiger partial charge in [-0.3, -0.25) is 0 Å². The Hall–Kier alpha value is -3.14. The van der Waals surface area contributed by atoms with Gasteiger partial charge in [-0.1, -0.05) is 67.2 Å². The fourth-order valence-corrected chi connectivity index (χ4v) is 1.60. The molecule has 2 N–H and O–H groups in total. The summed E-state index contributed by atoms with van der Waals surface area (Å²) in [6.45, 7) is 4.60. The van der Waals surface area contributed by atoms with Gasteiger partial charge in [-0.25, -0.2) is 9.59 Å². The van der Waals surface area contributed by atoms with Crippen LogP contribution in [0.3, 0.4) is 0 Å². The molecule has 0 spiro atoms. The zero-order valence-corrected chi connectivity index (χ0v) is 12.8. The van der Waals surface area contributed by atoms with Gasteiger partial charge in [-0.2, -0.15) is 0 Å². The maximum atomic E-state index is 11.2. The van der Waals surface area contributed by atoms with Crippen LogP contribution in [0.15, 0.2) is 72.8 Å². The first-order valence-electron chi connectivity index (χ1n) is 6.86. The fraction of sp³-hybridized carbons (Fsp3) is 0.0526. The number of carboxylic acids is 2. The molecule has 0 amide bonds. The molecule has 23 heavy (non-hydrogen) atoms. The monoisotopic (exact) mass is 310 g/mol. The van der Waals surface area contributed by atoms with Crippen LogP contribution in [0, 0.1) is 0 Å². The summed E-state index contributed by atoms with van der Waals surface area (Å²) in [5.41, 5.74) is 2.07. The minimum absolute atomic E-state index is 0.176. The van der Waals surface area contributed by atoms with Gasteiger partial charge in [-0.15, -0.1) is 0 Å². The topological polar surface area (TPSA) is 74.6 Å². The Labute approximate surface area is 135 Å². The zero-order valence-electron chi connectivity index (χ0n) is 12.8. The number of hydrogen-bond donors (Lipinski definition) is 2. The fourth-order valence-electron chi connectivity index (χ4n) is 1.60. The molecule has 0 atom stereocenters. The van der Waals surface area contributed by atoms with Gasteiger partial charge in [0.15, 0.2) is 0 Å². The molecule has 4 heteroatoms. The predicted molar refractivity (Wildman–Crippen MR) is 90.8 cm³/mol. The maximum absolute atomic E-state index is 11.2. The van der Waals surface area contributed by atoms with Gasteiger partial charge < -0.3 is 10.2 Å². The molecule has 0 aliphatic rings. The van der Waals surface area contributed by atoms with Crippen LogP contribution in [0.1, 0.15) is 18.1 Å². The molecule has 0 unspecified atom stereocenters. The van der Waals surface area contributed by atoms with Crippen molar-refractivity contribution >= 4 is 23.6 Å². The summed E-state index contributed by atoms with van der Waals surface area (Å²) in [6.07, 6.45) is 1.68. The van der Waals surface area contributed by atoms with Crippen molar-refractivity contribution in [3.63, 3.8) is 0 Å². The molecular weight excluding hydrogens is 292 g/mol. The van der Waals surface area contributed by atoms with E-state index in [-0.39, 0.29) is 5.57 Å². The Morgan fingerprint density at radius 3 is 1.70 bits per heavy atom. The van der Waals surface area contributed by atoms with Crippen molar-refractivity contribution in [1.29, 1.82) is 0 Å². The predicted octanol–water partition coefficient (Wildman–Crippen LogP) is 3.96. The summed E-state index contributed by atoms with van der Waals surface area (Å²) < 4.78 is 0. The number of benzene rings is 2. The van der Waals surface area contributed by atoms with E-state index < -0.39 is 11.9 Å². The Kier molecular flexibility index (Phi) is 7.01. The lowest BCUT2D eigenvalue weighted by Crippen LogP contribution is -1.99. The van der Waals surface area contributed by atoms with Gasteiger partial charge in [0.2, 0.25) is 0 Å². The van der Waals surface area contributed by atoms with Crippen molar-refractivity contribution in [2.45, 2.75) is 6.92 Å². The molecule has 2 rings (SSSR count). The Bertz CT molecular complexity index is 689. The highest BCUT2D eigenvalue weighted by Gasteiger charge is 2.09. The van der Waals surface area contributed by atoms with E-state index in [1.807, 2.05) is 48.5 Å². The van der Waals surface area contributed by atoms with Crippen LogP contribution >= 0.6 is 0 Å². The van der Waals surface area contributed by atoms with Crippen molar-refractivity contribution in [3.05, 3.63) is 83.9 Å². The second-order valence-corrected chi connectivity index (χ2v) is 4.73. The third-order valence-corrected chi connectivity index (χ3v) is 2.79. The number of rotatable bonds is 4. The second-order valence-electron chi connectivity index (χ2n) is 4.73. The molecule has 2 aromatic carbocycles. The molecule has 2 aromatic rings. The van der Waals surface area contributed by atoms with Crippen molar-refractivity contribution in [2.24, 2.45) is 0 Å². The third kappa shape index (κ3) is 6.44. The minimum Gasteiger partial charge on any atom is -0.478 e. The van der Waals surface area contributed by atoms with E-state index in [1.54, 1.807) is 18.2 Å². The van der Waals surface area contributed by atoms with Gasteiger partial charge in [0, 0.05) is 5.57 Å². The van der Waals surface area contributed by atoms with Crippen molar-refractivity contribution in [2.75, 3.05) is 0 Å². The molecule has 0 heterocycles. The first-order valence-corrected chi connectivity index (χ1v) is 6.86. The lowest BCUT2D eigenvalue weighted by molar-refractivity contribution is -0.132. The standard InChI is InChI=1S/C15H12O2.C4H6O2/c16-15(17)14(13-9-5-2-6-10-13)11-12-7-3-1-4-8-12;1-3(2)4(5)6/h1-11H,(H,16,17);1H2,2H3,(H,5,6). The van der Waals surface area contributed by atoms with Crippen LogP contribution in [-0.2, 0) is 9.59 Å². The summed E-state index contributed by atoms with van der Waals surface area (Å²) in [5.74, 6) is -1.85. The van der Waals surface area contributed by atoms with E-state index in [9.17, 15) is 14.7 Å². The first kappa shape index (κ1) is 17.9. The Morgan fingerprint density at radius 1 is 0.870 bits per heavy atom. The minimum atomic E-state index is -0.935. The third-order valence-electron chi connectivity index (χ3n) is 2.79. The van der Waals surface area contributed by atoms with E-state index >= 15 is 0 Å². The highest BCUT2D eigenvalue weighted by atomic mass is 16.4. The lowest BCUT2D eigenvalue weighted by atomic mass is 10.0. The number of carboxylic acid groups (broad SMARTS) is 2. The first-order chi connectivity index (χ1) is 10.9. The summed E-state index contributed by atoms with van der Waals surface area (Å²) in [6, 6.07) is 18.6. The highest BCUT2D eigenvalue weighted by molar-refractivity contribution is 6.20. The van der Waals surface area contributed by atoms with E-state index in [0.717, 1.165) is 5.56 Å². The largest absolute Gasteiger partial charge is 0.478 e. The second kappa shape index (κ2) is 9.00. The number of hydrogen-bond acceptors (Lipinski definition) is 2. The molecule has 0 aliphatic heterocycles. The summed E-state index contributed by atoms with van der Waals surface area (Å²) in [4.78, 5) is 20.8. The van der Waals surface area contributed by atoms with E-state index in [2.05, 4.69) is 6.58 Å². The SMILES string of the molecule is C=C(C)C(=O)O.O=C(O)C(=Cc1ccccc1)c1ccccc1. The number of carbonyl (C=O) groups is 2. The van der Waals surface area contributed by atoms with Gasteiger partial charge in [0.25, 0.3) is 0 Å². The van der Waals surface area contributed by atoms with Crippen molar-refractivity contribution < 1.29 is 19.8 Å². The quantitative estimate of drug-likeness (QED) is 0.662. The summed E-state index contributed by atoms with van der Waals surface area (Å²) >= 11 is 0. The molecule has 0 fully saturated rings. The molecule has 0 radical (unpaired) electrons. The average Bonchev–Trinajstić information content (AvgIpc) is 2.54. The molecule has 4 nitrogen and oxygen atoms in total. The highest BCUT2D eigenvalue weighted by Crippen LogP contribution is 2.18. The molecular formula is C19H18O4. The van der Waals surface area contributed by atoms with Gasteiger partial charge in [-0.05, 0) is 24.1 Å². The van der Waals surface area contributed by atoms with Crippen molar-refractivity contribution in [3.8, 4) is 0 Å². The lowest BCUT2D eigenvalue weighted by Gasteiger charge is -2.02. The van der Waals surface area contributed by atoms with Crippen molar-refractivity contribution in [1.82, 2.24) is 0 Å². The van der Waals surface area contributed by atoms with E-state index in [4.69, 9.17) is 5.11 Å². The molecule has 0 aliphatic carbocycles. The summed E-state index contributed by atoms with van der Waals surface area (Å²) in [7, 11) is 0. The average molecular weight is 310 g/mol. The van der Waals surface area contributed by atoms with E-state index in [1.165, 1.54) is 6.92 Å². The van der Waals surface area contributed by atoms with E-state index in [0.29, 0.717) is 11.1 Å². The normalized spacial score (nSPS) is 10.2. The van der Waals surface area contributed by atoms with Gasteiger partial charge >= 0.3 is 11.9 Å². The van der Waals surface area contributed by atoms with Crippen LogP contribution in [0.25, 0.3) is 11.6 Å². The van der Waals surface area contributed by atoms with Crippen LogP contribution in [0.2, 0.25) is 0 Å². The van der Waals surface area contributed by atoms with Crippen LogP contribution in [0.4, 0.5) is 0 Å².